The Hall–Kier alpha value is -6.97. The molecule has 0 unspecified atom stereocenters. The molecule has 0 aliphatic heterocycles. The number of thiophene rings is 2. The van der Waals surface area contributed by atoms with E-state index < -0.39 is 0 Å². The summed E-state index contributed by atoms with van der Waals surface area (Å²) >= 11 is 9.27. The van der Waals surface area contributed by atoms with Crippen molar-refractivity contribution in [3.05, 3.63) is 213 Å². The summed E-state index contributed by atoms with van der Waals surface area (Å²) in [4.78, 5) is 47.4. The smallest absolute Gasteiger partial charge is 0.141 e. The molecule has 0 saturated carbocycles. The number of aromatic nitrogens is 4. The van der Waals surface area contributed by atoms with Crippen molar-refractivity contribution in [3.8, 4) is 43.7 Å². The summed E-state index contributed by atoms with van der Waals surface area (Å²) < 4.78 is 0. The van der Waals surface area contributed by atoms with Crippen molar-refractivity contribution in [2.75, 3.05) is 0 Å². The predicted octanol–water partition coefficient (Wildman–Crippen LogP) is 13.7. The number of ketones is 2. The molecule has 4 heterocycles. The predicted molar refractivity (Wildman–Crippen MR) is 264 cm³/mol. The van der Waals surface area contributed by atoms with Crippen molar-refractivity contribution in [3.63, 3.8) is 0 Å². The molecular weight excluding hydrogens is 848 g/mol. The average Bonchev–Trinajstić information content (AvgIpc) is 4.07. The third-order valence-electron chi connectivity index (χ3n) is 10.7. The molecule has 10 aromatic rings. The van der Waals surface area contributed by atoms with Gasteiger partial charge in [0, 0.05) is 41.8 Å². The van der Waals surface area contributed by atoms with Crippen LogP contribution in [0.3, 0.4) is 0 Å². The van der Waals surface area contributed by atoms with Crippen LogP contribution in [0.1, 0.15) is 27.8 Å². The normalized spacial score (nSPS) is 11.0. The van der Waals surface area contributed by atoms with E-state index in [1.807, 2.05) is 158 Å². The van der Waals surface area contributed by atoms with Crippen molar-refractivity contribution in [1.29, 1.82) is 0 Å². The molecule has 0 fully saturated rings. The summed E-state index contributed by atoms with van der Waals surface area (Å²) in [6.07, 6.45) is 1.57. The summed E-state index contributed by atoms with van der Waals surface area (Å²) in [6, 6.07) is 55.8. The van der Waals surface area contributed by atoms with Crippen molar-refractivity contribution in [1.82, 2.24) is 19.9 Å². The Balaban J connectivity index is 0.000000162. The molecule has 64 heavy (non-hydrogen) atoms. The number of fused-ring (bicyclic) bond motifs is 2. The van der Waals surface area contributed by atoms with E-state index >= 15 is 0 Å². The van der Waals surface area contributed by atoms with Crippen LogP contribution in [0.15, 0.2) is 181 Å². The number of rotatable bonds is 12. The number of hydrogen-bond donors (Lipinski definition) is 0. The maximum atomic E-state index is 12.7. The fraction of sp³-hybridized carbons (Fsp3) is 0.0909. The molecule has 0 radical (unpaired) electrons. The van der Waals surface area contributed by atoms with Gasteiger partial charge in [-0.25, -0.2) is 19.9 Å². The first-order valence-electron chi connectivity index (χ1n) is 20.9. The van der Waals surface area contributed by atoms with Crippen LogP contribution >= 0.6 is 34.3 Å². The van der Waals surface area contributed by atoms with Crippen LogP contribution in [0.5, 0.6) is 0 Å². The standard InChI is InChI=1S/C29H21ClN2O.C26H20N2OS2/c30-24-14-11-20(12-15-24)17-25(33)18-21-13-16-26-27(19-21)32-29(23-9-5-2-6-10-23)28(31-26)22-7-3-1-4-8-22;1-17-6-8-18(9-7-17)14-20(29)15-19-10-11-21-22(16-19)28-26(24-5-3-13-31-24)25(27-21)23-4-2-12-30-23/h1-16,19H,17-18H2;2-13,16H,14-15H2,1H3. The topological polar surface area (TPSA) is 85.7 Å². The first kappa shape index (κ1) is 42.3. The molecule has 0 aliphatic rings. The van der Waals surface area contributed by atoms with Gasteiger partial charge in [-0.3, -0.25) is 9.59 Å². The minimum absolute atomic E-state index is 0.147. The molecule has 312 valence electrons. The number of carbonyl (C=O) groups excluding carboxylic acids is 2. The number of aryl methyl sites for hydroxylation is 1. The monoisotopic (exact) mass is 888 g/mol. The van der Waals surface area contributed by atoms with E-state index in [-0.39, 0.29) is 11.6 Å². The van der Waals surface area contributed by atoms with E-state index in [0.29, 0.717) is 30.7 Å². The lowest BCUT2D eigenvalue weighted by Gasteiger charge is -2.11. The minimum Gasteiger partial charge on any atom is -0.299 e. The van der Waals surface area contributed by atoms with Crippen LogP contribution in [-0.2, 0) is 35.3 Å². The molecule has 0 N–H and O–H groups in total. The molecule has 0 aliphatic carbocycles. The van der Waals surface area contributed by atoms with Crippen molar-refractivity contribution in [2.24, 2.45) is 0 Å². The van der Waals surface area contributed by atoms with Gasteiger partial charge >= 0.3 is 0 Å². The quantitative estimate of drug-likeness (QED) is 0.121. The summed E-state index contributed by atoms with van der Waals surface area (Å²) in [6.45, 7) is 2.05. The Kier molecular flexibility index (Phi) is 13.0. The van der Waals surface area contributed by atoms with Gasteiger partial charge in [0.15, 0.2) is 0 Å². The summed E-state index contributed by atoms with van der Waals surface area (Å²) in [5.41, 5.74) is 13.9. The molecule has 10 rings (SSSR count). The highest BCUT2D eigenvalue weighted by Gasteiger charge is 2.17. The highest BCUT2D eigenvalue weighted by molar-refractivity contribution is 7.14. The molecule has 6 aromatic carbocycles. The fourth-order valence-electron chi connectivity index (χ4n) is 7.53. The first-order valence-corrected chi connectivity index (χ1v) is 23.1. The number of Topliss-reactive ketones (excluding diaryl/α,β-unsaturated/α-hetero) is 2. The minimum atomic E-state index is 0.147. The lowest BCUT2D eigenvalue weighted by atomic mass is 10.0. The van der Waals surface area contributed by atoms with Gasteiger partial charge in [-0.1, -0.05) is 138 Å². The number of benzene rings is 6. The number of halogens is 1. The highest BCUT2D eigenvalue weighted by atomic mass is 35.5. The summed E-state index contributed by atoms with van der Waals surface area (Å²) in [5, 5.41) is 4.78. The van der Waals surface area contributed by atoms with Crippen LogP contribution in [0, 0.1) is 6.92 Å². The van der Waals surface area contributed by atoms with E-state index in [2.05, 4.69) is 29.8 Å². The van der Waals surface area contributed by atoms with E-state index in [9.17, 15) is 9.59 Å². The molecule has 0 atom stereocenters. The third-order valence-corrected chi connectivity index (χ3v) is 12.7. The highest BCUT2D eigenvalue weighted by Crippen LogP contribution is 2.36. The zero-order valence-corrected chi connectivity index (χ0v) is 37.3. The van der Waals surface area contributed by atoms with Gasteiger partial charge in [0.2, 0.25) is 0 Å². The third kappa shape index (κ3) is 10.3. The number of nitrogens with zero attached hydrogens (tertiary/aromatic N) is 4. The second-order valence-corrected chi connectivity index (χ2v) is 17.9. The van der Waals surface area contributed by atoms with Gasteiger partial charge in [-0.05, 0) is 88.5 Å². The van der Waals surface area contributed by atoms with Gasteiger partial charge in [-0.15, -0.1) is 22.7 Å². The Morgan fingerprint density at radius 1 is 0.422 bits per heavy atom. The van der Waals surface area contributed by atoms with Gasteiger partial charge < -0.3 is 0 Å². The first-order chi connectivity index (χ1) is 31.3. The second kappa shape index (κ2) is 19.6. The molecule has 6 nitrogen and oxygen atoms in total. The molecule has 9 heteroatoms. The SMILES string of the molecule is Cc1ccc(CC(=O)Cc2ccc3nc(-c4cccs4)c(-c4cccs4)nc3c2)cc1.O=C(Cc1ccc(Cl)cc1)Cc1ccc2nc(-c3ccccc3)c(-c3ccccc3)nc2c1. The Morgan fingerprint density at radius 3 is 1.27 bits per heavy atom. The zero-order chi connectivity index (χ0) is 43.8. The van der Waals surface area contributed by atoms with Crippen LogP contribution in [0.4, 0.5) is 0 Å². The van der Waals surface area contributed by atoms with Crippen LogP contribution in [0.25, 0.3) is 65.7 Å². The van der Waals surface area contributed by atoms with Crippen molar-refractivity contribution in [2.45, 2.75) is 32.6 Å². The lowest BCUT2D eigenvalue weighted by Crippen LogP contribution is -2.06. The maximum absolute atomic E-state index is 12.7. The fourth-order valence-corrected chi connectivity index (χ4v) is 9.08. The molecular formula is C55H41ClN4O2S2. The van der Waals surface area contributed by atoms with E-state index in [0.717, 1.165) is 88.0 Å². The van der Waals surface area contributed by atoms with Crippen LogP contribution in [0.2, 0.25) is 5.02 Å². The molecule has 4 aromatic heterocycles. The van der Waals surface area contributed by atoms with E-state index in [1.54, 1.807) is 22.7 Å². The zero-order valence-electron chi connectivity index (χ0n) is 34.9. The van der Waals surface area contributed by atoms with E-state index in [4.69, 9.17) is 31.5 Å². The summed E-state index contributed by atoms with van der Waals surface area (Å²) in [5.74, 6) is 0.346. The second-order valence-electron chi connectivity index (χ2n) is 15.6. The lowest BCUT2D eigenvalue weighted by molar-refractivity contribution is -0.118. The van der Waals surface area contributed by atoms with Gasteiger partial charge in [0.1, 0.15) is 23.0 Å². The van der Waals surface area contributed by atoms with Crippen LogP contribution in [-0.4, -0.2) is 31.5 Å². The Morgan fingerprint density at radius 2 is 0.812 bits per heavy atom. The molecule has 0 bridgehead atoms. The Labute approximate surface area is 385 Å². The van der Waals surface area contributed by atoms with Crippen LogP contribution < -0.4 is 0 Å². The van der Waals surface area contributed by atoms with Crippen molar-refractivity contribution >= 4 is 67.9 Å². The summed E-state index contributed by atoms with van der Waals surface area (Å²) in [7, 11) is 0. The van der Waals surface area contributed by atoms with Crippen molar-refractivity contribution < 1.29 is 9.59 Å². The average molecular weight is 890 g/mol. The largest absolute Gasteiger partial charge is 0.299 e. The molecule has 0 amide bonds. The van der Waals surface area contributed by atoms with Gasteiger partial charge in [0.05, 0.1) is 43.2 Å². The molecule has 0 saturated heterocycles. The number of hydrogen-bond acceptors (Lipinski definition) is 8. The molecule has 0 spiro atoms. The number of carbonyl (C=O) groups is 2. The van der Waals surface area contributed by atoms with Gasteiger partial charge in [0.25, 0.3) is 0 Å². The van der Waals surface area contributed by atoms with E-state index in [1.165, 1.54) is 5.56 Å². The maximum Gasteiger partial charge on any atom is 0.141 e. The van der Waals surface area contributed by atoms with Gasteiger partial charge in [-0.2, -0.15) is 0 Å². The Bertz CT molecular complexity index is 3190.